The smallest absolute Gasteiger partial charge is 0.411 e. The number of benzene rings is 2. The molecule has 1 aliphatic heterocycles. The Morgan fingerprint density at radius 3 is 2.15 bits per heavy atom. The Hall–Kier alpha value is -4.27. The molecule has 0 aromatic heterocycles. The quantitative estimate of drug-likeness (QED) is 0.253. The molecule has 0 unspecified atom stereocenters. The van der Waals surface area contributed by atoms with E-state index >= 15 is 0 Å². The number of methoxy groups -OCH3 is 1. The third-order valence-electron chi connectivity index (χ3n) is 6.44. The molecular formula is C32H41FN2O11. The lowest BCUT2D eigenvalue weighted by atomic mass is 9.98. The van der Waals surface area contributed by atoms with Gasteiger partial charge in [-0.15, -0.1) is 0 Å². The Kier molecular flexibility index (Phi) is 13.3. The van der Waals surface area contributed by atoms with Crippen LogP contribution in [0.15, 0.2) is 48.5 Å². The lowest BCUT2D eigenvalue weighted by molar-refractivity contribution is -0.308. The van der Waals surface area contributed by atoms with E-state index in [-0.39, 0.29) is 18.7 Å². The molecule has 2 N–H and O–H groups in total. The Balaban J connectivity index is 1.83. The SMILES string of the molecule is CCO[C@H]1O[C@H](COC(=O)Nc2ccc(F)cc2)[C@@H](OC(=O)Cc2ccc(C)cc2)[C@H](OC(=O)CNC(=O)OC(C)(C)C)[C@H]1OC. The van der Waals surface area contributed by atoms with Crippen molar-refractivity contribution in [1.82, 2.24) is 5.32 Å². The van der Waals surface area contributed by atoms with E-state index < -0.39 is 79.4 Å². The average molecular weight is 649 g/mol. The first-order valence-corrected chi connectivity index (χ1v) is 14.7. The number of ether oxygens (including phenoxy) is 7. The van der Waals surface area contributed by atoms with Gasteiger partial charge in [0.05, 0.1) is 6.42 Å². The van der Waals surface area contributed by atoms with Crippen molar-refractivity contribution in [1.29, 1.82) is 0 Å². The Labute approximate surface area is 266 Å². The summed E-state index contributed by atoms with van der Waals surface area (Å²) in [7, 11) is 1.33. The summed E-state index contributed by atoms with van der Waals surface area (Å²) in [6.45, 7) is 7.74. The highest BCUT2D eigenvalue weighted by Crippen LogP contribution is 2.30. The number of esters is 2. The van der Waals surface area contributed by atoms with Crippen LogP contribution in [0.1, 0.15) is 38.8 Å². The van der Waals surface area contributed by atoms with E-state index in [1.807, 2.05) is 19.1 Å². The molecule has 2 amide bonds. The van der Waals surface area contributed by atoms with Gasteiger partial charge in [-0.2, -0.15) is 0 Å². The van der Waals surface area contributed by atoms with E-state index in [4.69, 9.17) is 33.2 Å². The number of hydrogen-bond acceptors (Lipinski definition) is 11. The van der Waals surface area contributed by atoms with E-state index in [0.717, 1.165) is 17.7 Å². The van der Waals surface area contributed by atoms with Gasteiger partial charge in [0.2, 0.25) is 0 Å². The molecule has 13 nitrogen and oxygen atoms in total. The molecule has 46 heavy (non-hydrogen) atoms. The van der Waals surface area contributed by atoms with Crippen LogP contribution in [0.25, 0.3) is 0 Å². The van der Waals surface area contributed by atoms with Gasteiger partial charge in [0, 0.05) is 19.4 Å². The van der Waals surface area contributed by atoms with E-state index in [0.29, 0.717) is 5.56 Å². The zero-order valence-electron chi connectivity index (χ0n) is 26.7. The fourth-order valence-electron chi connectivity index (χ4n) is 4.40. The van der Waals surface area contributed by atoms with Gasteiger partial charge in [0.15, 0.2) is 18.5 Å². The van der Waals surface area contributed by atoms with Crippen LogP contribution in [0.2, 0.25) is 0 Å². The molecule has 1 fully saturated rings. The summed E-state index contributed by atoms with van der Waals surface area (Å²) in [6, 6.07) is 12.3. The van der Waals surface area contributed by atoms with Gasteiger partial charge in [-0.25, -0.2) is 14.0 Å². The minimum absolute atomic E-state index is 0.122. The minimum Gasteiger partial charge on any atom is -0.455 e. The number of nitrogens with one attached hydrogen (secondary N) is 2. The maximum Gasteiger partial charge on any atom is 0.411 e. The fourth-order valence-corrected chi connectivity index (χ4v) is 4.40. The summed E-state index contributed by atoms with van der Waals surface area (Å²) in [5.41, 5.74) is 1.15. The van der Waals surface area contributed by atoms with Crippen molar-refractivity contribution in [3.05, 3.63) is 65.5 Å². The predicted molar refractivity (Wildman–Crippen MR) is 161 cm³/mol. The molecule has 0 spiro atoms. The summed E-state index contributed by atoms with van der Waals surface area (Å²) in [5.74, 6) is -2.07. The topological polar surface area (TPSA) is 157 Å². The van der Waals surface area contributed by atoms with Gasteiger partial charge in [-0.05, 0) is 64.4 Å². The van der Waals surface area contributed by atoms with Crippen LogP contribution >= 0.6 is 0 Å². The molecular weight excluding hydrogens is 607 g/mol. The number of carbonyl (C=O) groups excluding carboxylic acids is 4. The zero-order valence-corrected chi connectivity index (χ0v) is 26.7. The maximum atomic E-state index is 13.3. The number of aryl methyl sites for hydroxylation is 1. The van der Waals surface area contributed by atoms with Crippen LogP contribution in [0.4, 0.5) is 19.7 Å². The van der Waals surface area contributed by atoms with Crippen LogP contribution in [0.3, 0.4) is 0 Å². The third-order valence-corrected chi connectivity index (χ3v) is 6.44. The molecule has 1 aliphatic rings. The highest BCUT2D eigenvalue weighted by molar-refractivity contribution is 5.84. The van der Waals surface area contributed by atoms with E-state index in [1.54, 1.807) is 39.8 Å². The van der Waals surface area contributed by atoms with Gasteiger partial charge in [-0.3, -0.25) is 14.9 Å². The highest BCUT2D eigenvalue weighted by Gasteiger charge is 2.51. The first-order valence-electron chi connectivity index (χ1n) is 14.7. The molecule has 1 saturated heterocycles. The van der Waals surface area contributed by atoms with Crippen molar-refractivity contribution < 1.29 is 56.7 Å². The summed E-state index contributed by atoms with van der Waals surface area (Å²) in [5, 5.41) is 4.78. The summed E-state index contributed by atoms with van der Waals surface area (Å²) in [4.78, 5) is 50.9. The predicted octanol–water partition coefficient (Wildman–Crippen LogP) is 4.05. The normalized spacial score (nSPS) is 21.1. The van der Waals surface area contributed by atoms with Gasteiger partial charge >= 0.3 is 24.1 Å². The minimum atomic E-state index is -1.34. The van der Waals surface area contributed by atoms with Crippen LogP contribution in [0, 0.1) is 12.7 Å². The molecule has 0 bridgehead atoms. The van der Waals surface area contributed by atoms with Crippen molar-refractivity contribution in [3.63, 3.8) is 0 Å². The molecule has 252 valence electrons. The van der Waals surface area contributed by atoms with E-state index in [1.165, 1.54) is 19.2 Å². The molecule has 0 radical (unpaired) electrons. The molecule has 0 saturated carbocycles. The van der Waals surface area contributed by atoms with Crippen molar-refractivity contribution >= 4 is 29.8 Å². The third kappa shape index (κ3) is 11.6. The molecule has 1 heterocycles. The molecule has 0 aliphatic carbocycles. The van der Waals surface area contributed by atoms with Crippen LogP contribution in [0.5, 0.6) is 0 Å². The lowest BCUT2D eigenvalue weighted by Crippen LogP contribution is -2.63. The Morgan fingerprint density at radius 1 is 0.891 bits per heavy atom. The van der Waals surface area contributed by atoms with Gasteiger partial charge in [-0.1, -0.05) is 29.8 Å². The number of hydrogen-bond donors (Lipinski definition) is 2. The largest absolute Gasteiger partial charge is 0.455 e. The maximum absolute atomic E-state index is 13.3. The van der Waals surface area contributed by atoms with Crippen molar-refractivity contribution in [3.8, 4) is 0 Å². The first-order chi connectivity index (χ1) is 21.8. The standard InChI is InChI=1S/C32H41FN2O11/c1-7-41-29-28(40-6)27(45-25(37)17-34-30(38)46-32(3,4)5)26(44-24(36)16-20-10-8-19(2)9-11-20)23(43-29)18-42-31(39)35-22-14-12-21(33)13-15-22/h8-15,23,26-29H,7,16-18H2,1-6H3,(H,34,38)(H,35,39)/t23-,26-,27+,28-,29+/m1/s1. The number of carbonyl (C=O) groups is 4. The number of amides is 2. The number of anilines is 1. The Bertz CT molecular complexity index is 1310. The van der Waals surface area contributed by atoms with Crippen LogP contribution in [-0.2, 0) is 49.2 Å². The van der Waals surface area contributed by atoms with Crippen molar-refractivity contribution in [2.24, 2.45) is 0 Å². The number of alkyl carbamates (subject to hydrolysis) is 1. The molecule has 5 atom stereocenters. The lowest BCUT2D eigenvalue weighted by Gasteiger charge is -2.44. The van der Waals surface area contributed by atoms with Gasteiger partial charge in [0.1, 0.15) is 36.8 Å². The molecule has 2 aromatic rings. The summed E-state index contributed by atoms with van der Waals surface area (Å²) >= 11 is 0. The number of rotatable bonds is 12. The highest BCUT2D eigenvalue weighted by atomic mass is 19.1. The second-order valence-corrected chi connectivity index (χ2v) is 11.4. The van der Waals surface area contributed by atoms with Crippen molar-refractivity contribution in [2.45, 2.75) is 77.3 Å². The monoisotopic (exact) mass is 648 g/mol. The second-order valence-electron chi connectivity index (χ2n) is 11.4. The van der Waals surface area contributed by atoms with Gasteiger partial charge in [0.25, 0.3) is 0 Å². The number of halogens is 1. The van der Waals surface area contributed by atoms with E-state index in [2.05, 4.69) is 10.6 Å². The van der Waals surface area contributed by atoms with Crippen molar-refractivity contribution in [2.75, 3.05) is 32.2 Å². The zero-order chi connectivity index (χ0) is 33.9. The van der Waals surface area contributed by atoms with Crippen LogP contribution < -0.4 is 10.6 Å². The summed E-state index contributed by atoms with van der Waals surface area (Å²) < 4.78 is 52.6. The fraction of sp³-hybridized carbons (Fsp3) is 0.500. The first kappa shape index (κ1) is 36.2. The summed E-state index contributed by atoms with van der Waals surface area (Å²) in [6.07, 6.45) is -7.95. The Morgan fingerprint density at radius 2 is 1.54 bits per heavy atom. The van der Waals surface area contributed by atoms with Gasteiger partial charge < -0.3 is 38.5 Å². The van der Waals surface area contributed by atoms with Crippen LogP contribution in [-0.4, -0.2) is 87.3 Å². The van der Waals surface area contributed by atoms with E-state index in [9.17, 15) is 23.6 Å². The molecule has 14 heteroatoms. The molecule has 3 rings (SSSR count). The molecule has 2 aromatic carbocycles. The average Bonchev–Trinajstić information content (AvgIpc) is 2.98. The second kappa shape index (κ2) is 16.9.